The molecule has 3 N–H and O–H groups in total. The molecule has 1 aromatic carbocycles. The fourth-order valence-corrected chi connectivity index (χ4v) is 4.20. The lowest BCUT2D eigenvalue weighted by atomic mass is 9.63. The van der Waals surface area contributed by atoms with Crippen LogP contribution in [0.3, 0.4) is 0 Å². The van der Waals surface area contributed by atoms with Crippen LogP contribution in [0.4, 0.5) is 0 Å². The lowest BCUT2D eigenvalue weighted by molar-refractivity contribution is -0.124. The van der Waals surface area contributed by atoms with Crippen LogP contribution in [-0.4, -0.2) is 11.7 Å². The van der Waals surface area contributed by atoms with Gasteiger partial charge in [-0.1, -0.05) is 32.0 Å². The number of carbonyl (C=O) groups is 2. The third-order valence-corrected chi connectivity index (χ3v) is 5.10. The van der Waals surface area contributed by atoms with Gasteiger partial charge in [0, 0.05) is 23.3 Å². The normalized spacial score (nSPS) is 26.8. The SMILES string of the molecule is CC1(C)CC(=O)C2=C(C1)NC(=O)[C@@]21C(C#N)=C(N)Oc2ccccc21. The van der Waals surface area contributed by atoms with Crippen molar-refractivity contribution in [2.24, 2.45) is 11.1 Å². The Hall–Kier alpha value is -3.07. The number of nitrogens with zero attached hydrogens (tertiary/aromatic N) is 1. The molecule has 0 aromatic heterocycles. The number of amides is 1. The molecule has 1 aromatic rings. The lowest BCUT2D eigenvalue weighted by Crippen LogP contribution is -2.46. The molecule has 4 rings (SSSR count). The van der Waals surface area contributed by atoms with Crippen LogP contribution in [0.5, 0.6) is 5.75 Å². The van der Waals surface area contributed by atoms with Gasteiger partial charge < -0.3 is 15.8 Å². The summed E-state index contributed by atoms with van der Waals surface area (Å²) in [6, 6.07) is 8.91. The van der Waals surface area contributed by atoms with E-state index in [0.717, 1.165) is 0 Å². The Kier molecular flexibility index (Phi) is 2.92. The first-order valence-electron chi connectivity index (χ1n) is 8.07. The number of para-hydroxylation sites is 1. The van der Waals surface area contributed by atoms with E-state index >= 15 is 0 Å². The minimum absolute atomic E-state index is 0.0262. The minimum atomic E-state index is -1.52. The number of nitriles is 1. The van der Waals surface area contributed by atoms with Crippen molar-refractivity contribution in [2.45, 2.75) is 32.1 Å². The smallest absolute Gasteiger partial charge is 0.245 e. The summed E-state index contributed by atoms with van der Waals surface area (Å²) >= 11 is 0. The predicted molar refractivity (Wildman–Crippen MR) is 88.8 cm³/mol. The van der Waals surface area contributed by atoms with Crippen LogP contribution in [-0.2, 0) is 15.0 Å². The molecule has 6 nitrogen and oxygen atoms in total. The average Bonchev–Trinajstić information content (AvgIpc) is 2.79. The van der Waals surface area contributed by atoms with Gasteiger partial charge in [-0.25, -0.2) is 0 Å². The van der Waals surface area contributed by atoms with Crippen molar-refractivity contribution in [3.05, 3.63) is 52.6 Å². The van der Waals surface area contributed by atoms with E-state index in [2.05, 4.69) is 5.32 Å². The quantitative estimate of drug-likeness (QED) is 0.752. The lowest BCUT2D eigenvalue weighted by Gasteiger charge is -2.37. The van der Waals surface area contributed by atoms with Crippen LogP contribution in [0.15, 0.2) is 47.0 Å². The van der Waals surface area contributed by atoms with E-state index in [9.17, 15) is 14.9 Å². The summed E-state index contributed by atoms with van der Waals surface area (Å²) in [4.78, 5) is 26.2. The number of hydrogen-bond acceptors (Lipinski definition) is 5. The van der Waals surface area contributed by atoms with E-state index in [4.69, 9.17) is 10.5 Å². The van der Waals surface area contributed by atoms with Crippen LogP contribution in [0.1, 0.15) is 32.3 Å². The summed E-state index contributed by atoms with van der Waals surface area (Å²) in [6.45, 7) is 3.97. The van der Waals surface area contributed by atoms with Crippen LogP contribution in [0.2, 0.25) is 0 Å². The van der Waals surface area contributed by atoms with E-state index < -0.39 is 11.3 Å². The molecule has 2 aliphatic heterocycles. The van der Waals surface area contributed by atoms with Crippen LogP contribution >= 0.6 is 0 Å². The molecule has 1 spiro atoms. The van der Waals surface area contributed by atoms with Gasteiger partial charge in [-0.15, -0.1) is 0 Å². The van der Waals surface area contributed by atoms with E-state index in [1.165, 1.54) is 0 Å². The van der Waals surface area contributed by atoms with Crippen molar-refractivity contribution in [2.75, 3.05) is 0 Å². The molecule has 25 heavy (non-hydrogen) atoms. The monoisotopic (exact) mass is 335 g/mol. The van der Waals surface area contributed by atoms with Gasteiger partial charge >= 0.3 is 0 Å². The second-order valence-electron chi connectivity index (χ2n) is 7.45. The number of allylic oxidation sites excluding steroid dienone is 1. The van der Waals surface area contributed by atoms with Crippen LogP contribution in [0, 0.1) is 16.7 Å². The van der Waals surface area contributed by atoms with Gasteiger partial charge in [0.05, 0.1) is 0 Å². The maximum atomic E-state index is 13.2. The fraction of sp³-hybridized carbons (Fsp3) is 0.316. The van der Waals surface area contributed by atoms with Gasteiger partial charge in [0.2, 0.25) is 11.8 Å². The van der Waals surface area contributed by atoms with E-state index in [1.54, 1.807) is 24.3 Å². The van der Waals surface area contributed by atoms with Crippen LogP contribution < -0.4 is 15.8 Å². The number of nitrogens with one attached hydrogen (secondary N) is 1. The molecular weight excluding hydrogens is 318 g/mol. The van der Waals surface area contributed by atoms with E-state index in [1.807, 2.05) is 19.9 Å². The van der Waals surface area contributed by atoms with Gasteiger partial charge in [-0.2, -0.15) is 5.26 Å². The molecule has 126 valence electrons. The fourth-order valence-electron chi connectivity index (χ4n) is 4.20. The van der Waals surface area contributed by atoms with E-state index in [0.29, 0.717) is 35.4 Å². The first kappa shape index (κ1) is 15.5. The highest BCUT2D eigenvalue weighted by molar-refractivity contribution is 6.15. The first-order chi connectivity index (χ1) is 11.8. The zero-order valence-corrected chi connectivity index (χ0v) is 14.0. The van der Waals surface area contributed by atoms with Crippen molar-refractivity contribution in [1.29, 1.82) is 5.26 Å². The molecular formula is C19H17N3O3. The largest absolute Gasteiger partial charge is 0.440 e. The van der Waals surface area contributed by atoms with Gasteiger partial charge in [-0.3, -0.25) is 9.59 Å². The number of benzene rings is 1. The highest BCUT2D eigenvalue weighted by Gasteiger charge is 2.61. The minimum Gasteiger partial charge on any atom is -0.440 e. The second kappa shape index (κ2) is 4.73. The zero-order valence-electron chi connectivity index (χ0n) is 14.0. The Morgan fingerprint density at radius 2 is 1.96 bits per heavy atom. The summed E-state index contributed by atoms with van der Waals surface area (Å²) in [5, 5.41) is 12.6. The third kappa shape index (κ3) is 1.84. The summed E-state index contributed by atoms with van der Waals surface area (Å²) in [5.74, 6) is -0.302. The number of hydrogen-bond donors (Lipinski definition) is 2. The van der Waals surface area contributed by atoms with Crippen LogP contribution in [0.25, 0.3) is 0 Å². The molecule has 3 aliphatic rings. The van der Waals surface area contributed by atoms with E-state index in [-0.39, 0.29) is 22.7 Å². The maximum Gasteiger partial charge on any atom is 0.245 e. The molecule has 6 heteroatoms. The van der Waals surface area contributed by atoms with Gasteiger partial charge in [0.25, 0.3) is 0 Å². The van der Waals surface area contributed by atoms with Crippen molar-refractivity contribution in [3.8, 4) is 11.8 Å². The topological polar surface area (TPSA) is 105 Å². The highest BCUT2D eigenvalue weighted by Crippen LogP contribution is 2.54. The number of ether oxygens (including phenoxy) is 1. The maximum absolute atomic E-state index is 13.2. The van der Waals surface area contributed by atoms with Crippen molar-refractivity contribution in [1.82, 2.24) is 5.32 Å². The molecule has 1 amide bonds. The Bertz CT molecular complexity index is 949. The number of nitrogens with two attached hydrogens (primary N) is 1. The molecule has 0 radical (unpaired) electrons. The standard InChI is InChI=1S/C19H17N3O3/c1-18(2)7-12-15(13(23)8-18)19(17(24)22-12)10-5-3-4-6-14(10)25-16(21)11(19)9-20/h3-6H,7-8,21H2,1-2H3,(H,22,24)/t19-/m0/s1. The third-order valence-electron chi connectivity index (χ3n) is 5.10. The number of Topliss-reactive ketones (excluding diaryl/α,β-unsaturated/α-hetero) is 1. The summed E-state index contributed by atoms with van der Waals surface area (Å²) in [7, 11) is 0. The second-order valence-corrected chi connectivity index (χ2v) is 7.45. The molecule has 1 atom stereocenters. The molecule has 2 heterocycles. The first-order valence-corrected chi connectivity index (χ1v) is 8.07. The van der Waals surface area contributed by atoms with Crippen molar-refractivity contribution < 1.29 is 14.3 Å². The Labute approximate surface area is 144 Å². The van der Waals surface area contributed by atoms with Gasteiger partial charge in [-0.05, 0) is 17.9 Å². The van der Waals surface area contributed by atoms with Gasteiger partial charge in [0.15, 0.2) is 5.78 Å². The van der Waals surface area contributed by atoms with Crippen molar-refractivity contribution >= 4 is 11.7 Å². The average molecular weight is 335 g/mol. The summed E-state index contributed by atoms with van der Waals surface area (Å²) in [5.41, 5.74) is 5.58. The molecule has 0 unspecified atom stereocenters. The highest BCUT2D eigenvalue weighted by atomic mass is 16.5. The molecule has 1 aliphatic carbocycles. The summed E-state index contributed by atoms with van der Waals surface area (Å²) in [6.07, 6.45) is 0.868. The molecule has 0 saturated carbocycles. The number of fused-ring (bicyclic) bond motifs is 3. The summed E-state index contributed by atoms with van der Waals surface area (Å²) < 4.78 is 5.55. The Balaban J connectivity index is 2.09. The molecule has 0 bridgehead atoms. The Morgan fingerprint density at radius 1 is 1.24 bits per heavy atom. The number of rotatable bonds is 0. The Morgan fingerprint density at radius 3 is 2.68 bits per heavy atom. The molecule has 0 fully saturated rings. The predicted octanol–water partition coefficient (Wildman–Crippen LogP) is 1.78. The van der Waals surface area contributed by atoms with Crippen molar-refractivity contribution in [3.63, 3.8) is 0 Å². The van der Waals surface area contributed by atoms with Gasteiger partial charge in [0.1, 0.15) is 22.8 Å². The number of carbonyl (C=O) groups excluding carboxylic acids is 2. The zero-order chi connectivity index (χ0) is 18.0. The molecule has 0 saturated heterocycles. The number of ketones is 1.